The Morgan fingerprint density at radius 1 is 1.45 bits per heavy atom. The van der Waals surface area contributed by atoms with Crippen molar-refractivity contribution in [3.05, 3.63) is 42.5 Å². The molecular weight excluding hydrogens is 296 g/mol. The first-order valence-corrected chi connectivity index (χ1v) is 8.56. The molecular formula is C17H24N2O2S. The largest absolute Gasteiger partial charge is 0.489 e. The third-order valence-electron chi connectivity index (χ3n) is 3.51. The van der Waals surface area contributed by atoms with Crippen molar-refractivity contribution in [1.29, 1.82) is 0 Å². The topological polar surface area (TPSA) is 32.8 Å². The van der Waals surface area contributed by atoms with E-state index in [0.29, 0.717) is 12.4 Å². The van der Waals surface area contributed by atoms with Crippen molar-refractivity contribution in [3.8, 4) is 5.75 Å². The van der Waals surface area contributed by atoms with Crippen LogP contribution in [0.25, 0.3) is 0 Å². The Labute approximate surface area is 137 Å². The van der Waals surface area contributed by atoms with Crippen molar-refractivity contribution >= 4 is 17.7 Å². The highest BCUT2D eigenvalue weighted by atomic mass is 32.2. The third kappa shape index (κ3) is 4.27. The molecule has 1 atom stereocenters. The van der Waals surface area contributed by atoms with Crippen LogP contribution in [0.3, 0.4) is 0 Å². The van der Waals surface area contributed by atoms with E-state index in [2.05, 4.69) is 25.6 Å². The molecule has 120 valence electrons. The van der Waals surface area contributed by atoms with E-state index in [0.717, 1.165) is 30.8 Å². The summed E-state index contributed by atoms with van der Waals surface area (Å²) < 4.78 is 5.75. The molecule has 0 aliphatic carbocycles. The lowest BCUT2D eigenvalue weighted by molar-refractivity contribution is -0.128. The number of carbonyl (C=O) groups excluding carboxylic acids is 1. The SMILES string of the molecule is C=CCOc1ccccc1C1SCC(=O)N1CCCN(C)C. The molecule has 1 aliphatic heterocycles. The van der Waals surface area contributed by atoms with Crippen LogP contribution in [0.1, 0.15) is 17.4 Å². The Morgan fingerprint density at radius 3 is 2.95 bits per heavy atom. The van der Waals surface area contributed by atoms with Gasteiger partial charge in [-0.15, -0.1) is 11.8 Å². The van der Waals surface area contributed by atoms with Crippen LogP contribution in [0.2, 0.25) is 0 Å². The second-order valence-electron chi connectivity index (χ2n) is 5.54. The highest BCUT2D eigenvalue weighted by Crippen LogP contribution is 2.42. The van der Waals surface area contributed by atoms with Crippen molar-refractivity contribution in [2.45, 2.75) is 11.8 Å². The fraction of sp³-hybridized carbons (Fsp3) is 0.471. The van der Waals surface area contributed by atoms with Crippen LogP contribution in [0.5, 0.6) is 5.75 Å². The molecule has 0 saturated carbocycles. The second-order valence-corrected chi connectivity index (χ2v) is 6.61. The number of para-hydroxylation sites is 1. The number of nitrogens with zero attached hydrogens (tertiary/aromatic N) is 2. The van der Waals surface area contributed by atoms with Gasteiger partial charge >= 0.3 is 0 Å². The summed E-state index contributed by atoms with van der Waals surface area (Å²) in [5, 5.41) is 0.0516. The van der Waals surface area contributed by atoms with Gasteiger partial charge in [0.1, 0.15) is 17.7 Å². The average molecular weight is 320 g/mol. The Bertz CT molecular complexity index is 519. The minimum absolute atomic E-state index is 0.0516. The zero-order valence-corrected chi connectivity index (χ0v) is 14.1. The molecule has 1 saturated heterocycles. The van der Waals surface area contributed by atoms with Gasteiger partial charge in [-0.25, -0.2) is 0 Å². The second kappa shape index (κ2) is 8.25. The molecule has 1 aliphatic rings. The maximum atomic E-state index is 12.2. The predicted octanol–water partition coefficient (Wildman–Crippen LogP) is 2.78. The number of carbonyl (C=O) groups is 1. The first kappa shape index (κ1) is 16.9. The molecule has 1 amide bonds. The van der Waals surface area contributed by atoms with E-state index in [1.165, 1.54) is 0 Å². The third-order valence-corrected chi connectivity index (χ3v) is 4.75. The van der Waals surface area contributed by atoms with Crippen LogP contribution in [-0.4, -0.2) is 55.3 Å². The molecule has 2 rings (SSSR count). The molecule has 0 radical (unpaired) electrons. The minimum Gasteiger partial charge on any atom is -0.489 e. The van der Waals surface area contributed by atoms with Gasteiger partial charge in [0.05, 0.1) is 5.75 Å². The highest BCUT2D eigenvalue weighted by Gasteiger charge is 2.33. The summed E-state index contributed by atoms with van der Waals surface area (Å²) in [4.78, 5) is 16.3. The summed E-state index contributed by atoms with van der Waals surface area (Å²) in [6.07, 6.45) is 2.71. The maximum Gasteiger partial charge on any atom is 0.233 e. The van der Waals surface area contributed by atoms with Crippen molar-refractivity contribution in [2.75, 3.05) is 39.5 Å². The average Bonchev–Trinajstić information content (AvgIpc) is 2.86. The summed E-state index contributed by atoms with van der Waals surface area (Å²) in [6, 6.07) is 7.96. The normalized spacial score (nSPS) is 18.0. The molecule has 1 aromatic carbocycles. The van der Waals surface area contributed by atoms with Crippen molar-refractivity contribution in [3.63, 3.8) is 0 Å². The van der Waals surface area contributed by atoms with Crippen molar-refractivity contribution in [2.24, 2.45) is 0 Å². The van der Waals surface area contributed by atoms with E-state index in [-0.39, 0.29) is 11.3 Å². The summed E-state index contributed by atoms with van der Waals surface area (Å²) in [6.45, 7) is 5.93. The zero-order chi connectivity index (χ0) is 15.9. The molecule has 1 fully saturated rings. The van der Waals surface area contributed by atoms with Gasteiger partial charge in [0, 0.05) is 12.1 Å². The van der Waals surface area contributed by atoms with Gasteiger partial charge in [0.25, 0.3) is 0 Å². The van der Waals surface area contributed by atoms with E-state index in [1.807, 2.05) is 29.2 Å². The molecule has 0 N–H and O–H groups in total. The van der Waals surface area contributed by atoms with Gasteiger partial charge in [0.2, 0.25) is 5.91 Å². The smallest absolute Gasteiger partial charge is 0.233 e. The van der Waals surface area contributed by atoms with E-state index < -0.39 is 0 Å². The first-order valence-electron chi connectivity index (χ1n) is 7.52. The summed E-state index contributed by atoms with van der Waals surface area (Å²) in [7, 11) is 4.10. The van der Waals surface area contributed by atoms with E-state index in [1.54, 1.807) is 17.8 Å². The number of amides is 1. The fourth-order valence-corrected chi connectivity index (χ4v) is 3.72. The molecule has 22 heavy (non-hydrogen) atoms. The van der Waals surface area contributed by atoms with Crippen LogP contribution in [0.4, 0.5) is 0 Å². The van der Waals surface area contributed by atoms with Gasteiger partial charge in [-0.05, 0) is 33.1 Å². The summed E-state index contributed by atoms with van der Waals surface area (Å²) in [5.74, 6) is 1.60. The van der Waals surface area contributed by atoms with Gasteiger partial charge < -0.3 is 14.5 Å². The molecule has 5 heteroatoms. The van der Waals surface area contributed by atoms with Crippen LogP contribution in [0.15, 0.2) is 36.9 Å². The number of ether oxygens (including phenoxy) is 1. The Balaban J connectivity index is 2.12. The lowest BCUT2D eigenvalue weighted by atomic mass is 10.1. The quantitative estimate of drug-likeness (QED) is 0.690. The molecule has 1 aromatic rings. The minimum atomic E-state index is 0.0516. The van der Waals surface area contributed by atoms with Crippen LogP contribution in [0, 0.1) is 0 Å². The van der Waals surface area contributed by atoms with E-state index >= 15 is 0 Å². The van der Waals surface area contributed by atoms with E-state index in [9.17, 15) is 4.79 Å². The Kier molecular flexibility index (Phi) is 6.34. The Hall–Kier alpha value is -1.46. The number of hydrogen-bond donors (Lipinski definition) is 0. The fourth-order valence-electron chi connectivity index (χ4n) is 2.48. The van der Waals surface area contributed by atoms with E-state index in [4.69, 9.17) is 4.74 Å². The van der Waals surface area contributed by atoms with Crippen LogP contribution in [-0.2, 0) is 4.79 Å². The molecule has 4 nitrogen and oxygen atoms in total. The molecule has 1 unspecified atom stereocenters. The van der Waals surface area contributed by atoms with Crippen molar-refractivity contribution < 1.29 is 9.53 Å². The summed E-state index contributed by atoms with van der Waals surface area (Å²) >= 11 is 1.68. The lowest BCUT2D eigenvalue weighted by Gasteiger charge is -2.26. The first-order chi connectivity index (χ1) is 10.6. The number of benzene rings is 1. The standard InChI is InChI=1S/C17H24N2O2S/c1-4-12-21-15-9-6-5-8-14(15)17-19(16(20)13-22-17)11-7-10-18(2)3/h4-6,8-9,17H,1,7,10-13H2,2-3H3. The maximum absolute atomic E-state index is 12.2. The van der Waals surface area contributed by atoms with Gasteiger partial charge in [-0.1, -0.05) is 30.9 Å². The lowest BCUT2D eigenvalue weighted by Crippen LogP contribution is -2.31. The number of thioether (sulfide) groups is 1. The van der Waals surface area contributed by atoms with Gasteiger partial charge in [0.15, 0.2) is 0 Å². The Morgan fingerprint density at radius 2 is 2.23 bits per heavy atom. The zero-order valence-electron chi connectivity index (χ0n) is 13.3. The van der Waals surface area contributed by atoms with Crippen LogP contribution < -0.4 is 4.74 Å². The molecule has 1 heterocycles. The monoisotopic (exact) mass is 320 g/mol. The van der Waals surface area contributed by atoms with Crippen LogP contribution >= 0.6 is 11.8 Å². The van der Waals surface area contributed by atoms with Crippen molar-refractivity contribution in [1.82, 2.24) is 9.80 Å². The predicted molar refractivity (Wildman–Crippen MR) is 92.2 cm³/mol. The number of rotatable bonds is 8. The summed E-state index contributed by atoms with van der Waals surface area (Å²) in [5.41, 5.74) is 1.07. The number of hydrogen-bond acceptors (Lipinski definition) is 4. The van der Waals surface area contributed by atoms with Gasteiger partial charge in [-0.3, -0.25) is 4.79 Å². The van der Waals surface area contributed by atoms with Gasteiger partial charge in [-0.2, -0.15) is 0 Å². The molecule has 0 bridgehead atoms. The highest BCUT2D eigenvalue weighted by molar-refractivity contribution is 8.00. The molecule has 0 aromatic heterocycles. The molecule has 0 spiro atoms.